The molecule has 120 valence electrons. The van der Waals surface area contributed by atoms with Gasteiger partial charge in [0, 0.05) is 38.2 Å². The average molecular weight is 312 g/mol. The van der Waals surface area contributed by atoms with Crippen LogP contribution in [-0.4, -0.2) is 38.5 Å². The summed E-state index contributed by atoms with van der Waals surface area (Å²) < 4.78 is 2.31. The Morgan fingerprint density at radius 1 is 1.26 bits per heavy atom. The van der Waals surface area contributed by atoms with Crippen LogP contribution < -0.4 is 0 Å². The highest BCUT2D eigenvalue weighted by Crippen LogP contribution is 2.27. The first-order chi connectivity index (χ1) is 11.2. The molecule has 0 unspecified atom stereocenters. The van der Waals surface area contributed by atoms with Crippen molar-refractivity contribution >= 4 is 17.1 Å². The highest BCUT2D eigenvalue weighted by atomic mass is 16.6. The van der Waals surface area contributed by atoms with E-state index in [1.165, 1.54) is 25.3 Å². The fourth-order valence-corrected chi connectivity index (χ4v) is 3.59. The Morgan fingerprint density at radius 3 is 2.87 bits per heavy atom. The van der Waals surface area contributed by atoms with Crippen LogP contribution >= 0.6 is 0 Å². The Labute approximate surface area is 134 Å². The van der Waals surface area contributed by atoms with Crippen molar-refractivity contribution in [1.29, 1.82) is 0 Å². The maximum absolute atomic E-state index is 10.4. The molecule has 23 heavy (non-hydrogen) atoms. The number of hydrogen-bond acceptors (Lipinski definition) is 4. The van der Waals surface area contributed by atoms with Crippen molar-refractivity contribution in [3.63, 3.8) is 0 Å². The zero-order chi connectivity index (χ0) is 15.8. The van der Waals surface area contributed by atoms with Gasteiger partial charge in [-0.2, -0.15) is 0 Å². The van der Waals surface area contributed by atoms with E-state index in [9.17, 15) is 10.1 Å². The topological polar surface area (TPSA) is 64.2 Å². The summed E-state index contributed by atoms with van der Waals surface area (Å²) in [6, 6.07) is 6.67. The van der Waals surface area contributed by atoms with Crippen LogP contribution in [0.3, 0.4) is 0 Å². The molecule has 0 atom stereocenters. The Bertz CT molecular complexity index is 776. The summed E-state index contributed by atoms with van der Waals surface area (Å²) in [5.41, 5.74) is 2.88. The van der Waals surface area contributed by atoms with E-state index in [1.807, 2.05) is 18.2 Å². The van der Waals surface area contributed by atoms with E-state index < -0.39 is 4.92 Å². The third kappa shape index (κ3) is 2.74. The molecule has 1 aliphatic heterocycles. The van der Waals surface area contributed by atoms with Gasteiger partial charge in [0.15, 0.2) is 0 Å². The van der Waals surface area contributed by atoms with Crippen LogP contribution in [-0.2, 0) is 13.0 Å². The molecule has 4 rings (SSSR count). The standard InChI is InChI=1S/C17H20N4O2/c22-21(23)9-6-13-4-5-16-15(12-13)18-17-7-8-19(10-11-20(16)17)14-2-1-3-14/h4-6,9,12,14H,1-3,7-8,10-11H2. The van der Waals surface area contributed by atoms with E-state index in [-0.39, 0.29) is 0 Å². The third-order valence-corrected chi connectivity index (χ3v) is 5.06. The zero-order valence-corrected chi connectivity index (χ0v) is 13.0. The molecule has 6 heteroatoms. The molecule has 1 aliphatic carbocycles. The Hall–Kier alpha value is -2.21. The van der Waals surface area contributed by atoms with E-state index in [1.54, 1.807) is 0 Å². The second-order valence-corrected chi connectivity index (χ2v) is 6.40. The normalized spacial score (nSPS) is 19.7. The van der Waals surface area contributed by atoms with Gasteiger partial charge in [0.1, 0.15) is 5.82 Å². The van der Waals surface area contributed by atoms with Crippen LogP contribution in [0.1, 0.15) is 30.7 Å². The zero-order valence-electron chi connectivity index (χ0n) is 13.0. The summed E-state index contributed by atoms with van der Waals surface area (Å²) in [4.78, 5) is 17.4. The van der Waals surface area contributed by atoms with Gasteiger partial charge in [0.25, 0.3) is 0 Å². The molecule has 0 N–H and O–H groups in total. The number of nitro groups is 1. The monoisotopic (exact) mass is 312 g/mol. The van der Waals surface area contributed by atoms with Crippen LogP contribution in [0.25, 0.3) is 17.1 Å². The maximum atomic E-state index is 10.4. The summed E-state index contributed by atoms with van der Waals surface area (Å²) in [6.45, 7) is 3.15. The van der Waals surface area contributed by atoms with Crippen molar-refractivity contribution in [3.05, 3.63) is 45.9 Å². The minimum Gasteiger partial charge on any atom is -0.327 e. The molecule has 0 bridgehead atoms. The summed E-state index contributed by atoms with van der Waals surface area (Å²) in [5, 5.41) is 10.4. The van der Waals surface area contributed by atoms with Gasteiger partial charge in [0.05, 0.1) is 16.0 Å². The van der Waals surface area contributed by atoms with Crippen molar-refractivity contribution in [2.45, 2.75) is 38.3 Å². The Kier molecular flexibility index (Phi) is 3.61. The second kappa shape index (κ2) is 5.77. The van der Waals surface area contributed by atoms with Crippen molar-refractivity contribution in [3.8, 4) is 0 Å². The summed E-state index contributed by atoms with van der Waals surface area (Å²) >= 11 is 0. The molecular weight excluding hydrogens is 292 g/mol. The maximum Gasteiger partial charge on any atom is 0.235 e. The van der Waals surface area contributed by atoms with Crippen molar-refractivity contribution in [1.82, 2.24) is 14.5 Å². The second-order valence-electron chi connectivity index (χ2n) is 6.40. The SMILES string of the molecule is O=[N+]([O-])C=Cc1ccc2c(c1)nc1n2CCN(C2CCC2)CC1. The highest BCUT2D eigenvalue weighted by molar-refractivity contribution is 5.79. The molecule has 2 heterocycles. The summed E-state index contributed by atoms with van der Waals surface area (Å²) in [5.74, 6) is 1.14. The molecule has 0 radical (unpaired) electrons. The van der Waals surface area contributed by atoms with Gasteiger partial charge in [-0.3, -0.25) is 15.0 Å². The van der Waals surface area contributed by atoms with Crippen LogP contribution in [0.2, 0.25) is 0 Å². The fraction of sp³-hybridized carbons (Fsp3) is 0.471. The number of imidazole rings is 1. The summed E-state index contributed by atoms with van der Waals surface area (Å²) in [7, 11) is 0. The van der Waals surface area contributed by atoms with Crippen molar-refractivity contribution in [2.24, 2.45) is 0 Å². The van der Waals surface area contributed by atoms with E-state index in [0.29, 0.717) is 0 Å². The predicted octanol–water partition coefficient (Wildman–Crippen LogP) is 2.69. The van der Waals surface area contributed by atoms with Crippen LogP contribution in [0.5, 0.6) is 0 Å². The first-order valence-corrected chi connectivity index (χ1v) is 8.25. The molecule has 0 spiro atoms. The highest BCUT2D eigenvalue weighted by Gasteiger charge is 2.27. The molecule has 0 amide bonds. The van der Waals surface area contributed by atoms with Gasteiger partial charge in [-0.25, -0.2) is 4.98 Å². The first-order valence-electron chi connectivity index (χ1n) is 8.25. The molecule has 2 aromatic rings. The fourth-order valence-electron chi connectivity index (χ4n) is 3.59. The minimum atomic E-state index is -0.443. The Morgan fingerprint density at radius 2 is 2.13 bits per heavy atom. The lowest BCUT2D eigenvalue weighted by molar-refractivity contribution is -0.400. The molecule has 1 aromatic carbocycles. The number of aromatic nitrogens is 2. The average Bonchev–Trinajstić information content (AvgIpc) is 2.70. The van der Waals surface area contributed by atoms with Gasteiger partial charge in [0.2, 0.25) is 6.20 Å². The number of fused-ring (bicyclic) bond motifs is 3. The Balaban J connectivity index is 1.60. The van der Waals surface area contributed by atoms with E-state index in [0.717, 1.165) is 60.7 Å². The molecule has 1 saturated carbocycles. The van der Waals surface area contributed by atoms with Gasteiger partial charge >= 0.3 is 0 Å². The number of rotatable bonds is 3. The number of benzene rings is 1. The van der Waals surface area contributed by atoms with Crippen molar-refractivity contribution < 1.29 is 4.92 Å². The van der Waals surface area contributed by atoms with Crippen LogP contribution in [0.4, 0.5) is 0 Å². The molecule has 6 nitrogen and oxygen atoms in total. The lowest BCUT2D eigenvalue weighted by Gasteiger charge is -2.36. The number of hydrogen-bond donors (Lipinski definition) is 0. The largest absolute Gasteiger partial charge is 0.327 e. The van der Waals surface area contributed by atoms with Crippen molar-refractivity contribution in [2.75, 3.05) is 13.1 Å². The first kappa shape index (κ1) is 14.4. The summed E-state index contributed by atoms with van der Waals surface area (Å²) in [6.07, 6.45) is 7.52. The lowest BCUT2D eigenvalue weighted by atomic mass is 9.91. The van der Waals surface area contributed by atoms with Crippen LogP contribution in [0, 0.1) is 10.1 Å². The minimum absolute atomic E-state index is 0.443. The lowest BCUT2D eigenvalue weighted by Crippen LogP contribution is -2.41. The van der Waals surface area contributed by atoms with Gasteiger partial charge in [-0.15, -0.1) is 0 Å². The smallest absolute Gasteiger partial charge is 0.235 e. The molecule has 1 fully saturated rings. The van der Waals surface area contributed by atoms with Crippen LogP contribution in [0.15, 0.2) is 24.4 Å². The molecule has 2 aliphatic rings. The number of nitrogens with zero attached hydrogens (tertiary/aromatic N) is 4. The van der Waals surface area contributed by atoms with E-state index in [2.05, 4.69) is 9.47 Å². The van der Waals surface area contributed by atoms with Gasteiger partial charge in [-0.1, -0.05) is 12.5 Å². The van der Waals surface area contributed by atoms with E-state index >= 15 is 0 Å². The molecule has 1 aromatic heterocycles. The predicted molar refractivity (Wildman–Crippen MR) is 88.7 cm³/mol. The van der Waals surface area contributed by atoms with E-state index in [4.69, 9.17) is 4.98 Å². The van der Waals surface area contributed by atoms with Gasteiger partial charge < -0.3 is 4.57 Å². The quantitative estimate of drug-likeness (QED) is 0.645. The van der Waals surface area contributed by atoms with Gasteiger partial charge in [-0.05, 0) is 30.5 Å². The molecular formula is C17H20N4O2. The molecule has 0 saturated heterocycles. The third-order valence-electron chi connectivity index (χ3n) is 5.06.